The first kappa shape index (κ1) is 17.7. The van der Waals surface area contributed by atoms with Gasteiger partial charge in [-0.3, -0.25) is 9.36 Å². The summed E-state index contributed by atoms with van der Waals surface area (Å²) in [5.74, 6) is 0.588. The standard InChI is InChI=1S/C19H14Cl2N4O2/c1-10-3-4-15-16(5-10)25(19(26)11(2)22-15)9-17-23-24-18(27-17)12-6-13(20)8-14(21)7-12/h3-8H,9H2,1-2H3. The van der Waals surface area contributed by atoms with Crippen molar-refractivity contribution in [2.45, 2.75) is 20.4 Å². The molecule has 8 heteroatoms. The Balaban J connectivity index is 1.77. The summed E-state index contributed by atoms with van der Waals surface area (Å²) in [5.41, 5.74) is 3.31. The van der Waals surface area contributed by atoms with Crippen molar-refractivity contribution in [2.24, 2.45) is 0 Å². The van der Waals surface area contributed by atoms with Crippen molar-refractivity contribution >= 4 is 34.2 Å². The second-order valence-electron chi connectivity index (χ2n) is 6.24. The molecule has 6 nitrogen and oxygen atoms in total. The Morgan fingerprint density at radius 2 is 1.78 bits per heavy atom. The Morgan fingerprint density at radius 3 is 2.52 bits per heavy atom. The molecule has 0 saturated carbocycles. The minimum absolute atomic E-state index is 0.142. The third-order valence-electron chi connectivity index (χ3n) is 4.13. The van der Waals surface area contributed by atoms with Crippen LogP contribution in [0.5, 0.6) is 0 Å². The van der Waals surface area contributed by atoms with Crippen molar-refractivity contribution in [3.05, 3.63) is 73.9 Å². The van der Waals surface area contributed by atoms with Crippen molar-refractivity contribution in [1.29, 1.82) is 0 Å². The lowest BCUT2D eigenvalue weighted by atomic mass is 10.2. The lowest BCUT2D eigenvalue weighted by molar-refractivity contribution is 0.487. The van der Waals surface area contributed by atoms with Crippen LogP contribution in [-0.2, 0) is 6.54 Å². The van der Waals surface area contributed by atoms with Crippen LogP contribution in [0.4, 0.5) is 0 Å². The Bertz CT molecular complexity index is 1210. The zero-order chi connectivity index (χ0) is 19.1. The molecule has 4 aromatic rings. The van der Waals surface area contributed by atoms with Gasteiger partial charge < -0.3 is 4.42 Å². The molecule has 0 aliphatic heterocycles. The van der Waals surface area contributed by atoms with E-state index in [9.17, 15) is 4.79 Å². The highest BCUT2D eigenvalue weighted by Gasteiger charge is 2.14. The van der Waals surface area contributed by atoms with Crippen LogP contribution in [0.2, 0.25) is 10.0 Å². The molecule has 0 bridgehead atoms. The highest BCUT2D eigenvalue weighted by molar-refractivity contribution is 6.35. The van der Waals surface area contributed by atoms with Crippen molar-refractivity contribution in [2.75, 3.05) is 0 Å². The fraction of sp³-hybridized carbons (Fsp3) is 0.158. The van der Waals surface area contributed by atoms with Gasteiger partial charge in [0, 0.05) is 15.6 Å². The van der Waals surface area contributed by atoms with Crippen molar-refractivity contribution in [1.82, 2.24) is 19.7 Å². The van der Waals surface area contributed by atoms with Gasteiger partial charge in [-0.2, -0.15) is 0 Å². The number of benzene rings is 2. The Hall–Kier alpha value is -2.70. The predicted molar refractivity (Wildman–Crippen MR) is 104 cm³/mol. The summed E-state index contributed by atoms with van der Waals surface area (Å²) in [6.45, 7) is 3.79. The second-order valence-corrected chi connectivity index (χ2v) is 7.11. The molecule has 0 fully saturated rings. The number of halogens is 2. The predicted octanol–water partition coefficient (Wildman–Crippen LogP) is 4.42. The maximum Gasteiger partial charge on any atom is 0.272 e. The number of rotatable bonds is 3. The first-order valence-electron chi connectivity index (χ1n) is 8.17. The van der Waals surface area contributed by atoms with Gasteiger partial charge in [0.15, 0.2) is 0 Å². The van der Waals surface area contributed by atoms with E-state index in [-0.39, 0.29) is 18.0 Å². The van der Waals surface area contributed by atoms with E-state index < -0.39 is 0 Å². The molecule has 2 aromatic heterocycles. The van der Waals surface area contributed by atoms with Crippen molar-refractivity contribution in [3.8, 4) is 11.5 Å². The van der Waals surface area contributed by atoms with Crippen LogP contribution < -0.4 is 5.56 Å². The van der Waals surface area contributed by atoms with Gasteiger partial charge in [0.2, 0.25) is 11.8 Å². The van der Waals surface area contributed by atoms with E-state index in [0.29, 0.717) is 27.2 Å². The highest BCUT2D eigenvalue weighted by atomic mass is 35.5. The zero-order valence-corrected chi connectivity index (χ0v) is 16.0. The van der Waals surface area contributed by atoms with Crippen molar-refractivity contribution in [3.63, 3.8) is 0 Å². The topological polar surface area (TPSA) is 73.8 Å². The normalized spacial score (nSPS) is 11.3. The first-order valence-corrected chi connectivity index (χ1v) is 8.93. The number of hydrogen-bond donors (Lipinski definition) is 0. The second kappa shape index (κ2) is 6.79. The van der Waals surface area contributed by atoms with Crippen LogP contribution in [0.25, 0.3) is 22.5 Å². The summed E-state index contributed by atoms with van der Waals surface area (Å²) in [6, 6.07) is 10.8. The van der Waals surface area contributed by atoms with Crippen molar-refractivity contribution < 1.29 is 4.42 Å². The molecular formula is C19H14Cl2N4O2. The number of fused-ring (bicyclic) bond motifs is 1. The van der Waals surface area contributed by atoms with Crippen LogP contribution >= 0.6 is 23.2 Å². The average Bonchev–Trinajstić information content (AvgIpc) is 3.07. The lowest BCUT2D eigenvalue weighted by Gasteiger charge is -2.09. The van der Waals surface area contributed by atoms with E-state index >= 15 is 0 Å². The molecule has 0 spiro atoms. The van der Waals surface area contributed by atoms with Gasteiger partial charge in [0.25, 0.3) is 5.56 Å². The minimum Gasteiger partial charge on any atom is -0.419 e. The van der Waals surface area contributed by atoms with E-state index in [1.807, 2.05) is 25.1 Å². The number of aromatic nitrogens is 4. The van der Waals surface area contributed by atoms with Gasteiger partial charge >= 0.3 is 0 Å². The zero-order valence-electron chi connectivity index (χ0n) is 14.5. The van der Waals surface area contributed by atoms with Crippen LogP contribution in [0.15, 0.2) is 45.6 Å². The molecule has 0 aliphatic carbocycles. The summed E-state index contributed by atoms with van der Waals surface area (Å²) in [5, 5.41) is 9.06. The molecule has 136 valence electrons. The minimum atomic E-state index is -0.196. The summed E-state index contributed by atoms with van der Waals surface area (Å²) < 4.78 is 7.33. The highest BCUT2D eigenvalue weighted by Crippen LogP contribution is 2.26. The van der Waals surface area contributed by atoms with E-state index in [4.69, 9.17) is 27.6 Å². The van der Waals surface area contributed by atoms with Gasteiger partial charge in [0.05, 0.1) is 11.0 Å². The van der Waals surface area contributed by atoms with Crippen LogP contribution in [0.1, 0.15) is 17.1 Å². The summed E-state index contributed by atoms with van der Waals surface area (Å²) in [7, 11) is 0. The molecule has 0 aliphatic rings. The quantitative estimate of drug-likeness (QED) is 0.508. The molecule has 0 N–H and O–H groups in total. The fourth-order valence-corrected chi connectivity index (χ4v) is 3.41. The Morgan fingerprint density at radius 1 is 1.04 bits per heavy atom. The van der Waals surface area contributed by atoms with Crippen LogP contribution in [0.3, 0.4) is 0 Å². The van der Waals surface area contributed by atoms with Gasteiger partial charge in [0.1, 0.15) is 12.2 Å². The molecular weight excluding hydrogens is 387 g/mol. The third-order valence-corrected chi connectivity index (χ3v) is 4.57. The van der Waals surface area contributed by atoms with Gasteiger partial charge in [-0.1, -0.05) is 29.3 Å². The number of nitrogens with zero attached hydrogens (tertiary/aromatic N) is 4. The smallest absolute Gasteiger partial charge is 0.272 e. The molecule has 0 atom stereocenters. The Kier molecular flexibility index (Phi) is 4.45. The molecule has 2 heterocycles. The summed E-state index contributed by atoms with van der Waals surface area (Å²) in [4.78, 5) is 17.0. The van der Waals surface area contributed by atoms with E-state index in [1.165, 1.54) is 0 Å². The fourth-order valence-electron chi connectivity index (χ4n) is 2.88. The maximum atomic E-state index is 12.6. The summed E-state index contributed by atoms with van der Waals surface area (Å²) in [6.07, 6.45) is 0. The van der Waals surface area contributed by atoms with E-state index in [2.05, 4.69) is 15.2 Å². The number of aryl methyl sites for hydroxylation is 2. The molecule has 2 aromatic carbocycles. The third kappa shape index (κ3) is 3.46. The van der Waals surface area contributed by atoms with Crippen LogP contribution in [0, 0.1) is 13.8 Å². The van der Waals surface area contributed by atoms with E-state index in [0.717, 1.165) is 16.6 Å². The molecule has 27 heavy (non-hydrogen) atoms. The SMILES string of the molecule is Cc1ccc2nc(C)c(=O)n(Cc3nnc(-c4cc(Cl)cc(Cl)c4)o3)c2c1. The number of hydrogen-bond acceptors (Lipinski definition) is 5. The summed E-state index contributed by atoms with van der Waals surface area (Å²) >= 11 is 12.1. The van der Waals surface area contributed by atoms with Gasteiger partial charge in [-0.15, -0.1) is 10.2 Å². The van der Waals surface area contributed by atoms with Gasteiger partial charge in [-0.25, -0.2) is 4.98 Å². The van der Waals surface area contributed by atoms with E-state index in [1.54, 1.807) is 29.7 Å². The Labute approximate surface area is 164 Å². The monoisotopic (exact) mass is 400 g/mol. The average molecular weight is 401 g/mol. The van der Waals surface area contributed by atoms with Crippen LogP contribution in [-0.4, -0.2) is 19.7 Å². The maximum absolute atomic E-state index is 12.6. The molecule has 4 rings (SSSR count). The largest absolute Gasteiger partial charge is 0.419 e. The molecule has 0 radical (unpaired) electrons. The lowest BCUT2D eigenvalue weighted by Crippen LogP contribution is -2.24. The molecule has 0 unspecified atom stereocenters. The molecule has 0 saturated heterocycles. The first-order chi connectivity index (χ1) is 12.9. The van der Waals surface area contributed by atoms with Gasteiger partial charge in [-0.05, 0) is 49.7 Å². The molecule has 0 amide bonds.